The van der Waals surface area contributed by atoms with Crippen LogP contribution in [0.15, 0.2) is 18.2 Å². The summed E-state index contributed by atoms with van der Waals surface area (Å²) in [6, 6.07) is 4.62. The zero-order chi connectivity index (χ0) is 10.8. The minimum absolute atomic E-state index is 0.233. The van der Waals surface area contributed by atoms with Gasteiger partial charge in [0.25, 0.3) is 0 Å². The summed E-state index contributed by atoms with van der Waals surface area (Å²) in [6.45, 7) is 0.625. The number of benzene rings is 1. The molecular formula is C11H13FN2O. The number of imidazole rings is 1. The van der Waals surface area contributed by atoms with Crippen molar-refractivity contribution >= 4 is 11.0 Å². The Morgan fingerprint density at radius 3 is 3.00 bits per heavy atom. The number of hydrogen-bond donors (Lipinski definition) is 0. The summed E-state index contributed by atoms with van der Waals surface area (Å²) in [4.78, 5) is 4.41. The number of hydrogen-bond acceptors (Lipinski definition) is 2. The molecule has 0 aliphatic heterocycles. The molecule has 0 unspecified atom stereocenters. The quantitative estimate of drug-likeness (QED) is 0.770. The van der Waals surface area contributed by atoms with Crippen LogP contribution in [0.25, 0.3) is 11.0 Å². The van der Waals surface area contributed by atoms with E-state index in [2.05, 4.69) is 4.98 Å². The van der Waals surface area contributed by atoms with Crippen LogP contribution < -0.4 is 0 Å². The van der Waals surface area contributed by atoms with Crippen molar-refractivity contribution in [3.63, 3.8) is 0 Å². The van der Waals surface area contributed by atoms with Crippen molar-refractivity contribution in [2.24, 2.45) is 7.05 Å². The SMILES string of the molecule is COCCc1nc2ccc(F)cc2n1C. The maximum Gasteiger partial charge on any atom is 0.125 e. The first kappa shape index (κ1) is 10.1. The third kappa shape index (κ3) is 1.85. The van der Waals surface area contributed by atoms with Crippen LogP contribution in [-0.2, 0) is 18.2 Å². The molecule has 2 aromatic rings. The molecular weight excluding hydrogens is 195 g/mol. The standard InChI is InChI=1S/C11H13FN2O/c1-14-10-7-8(12)3-4-9(10)13-11(14)5-6-15-2/h3-4,7H,5-6H2,1-2H3. The van der Waals surface area contributed by atoms with Crippen LogP contribution >= 0.6 is 0 Å². The largest absolute Gasteiger partial charge is 0.384 e. The van der Waals surface area contributed by atoms with Gasteiger partial charge in [-0.3, -0.25) is 0 Å². The Bertz CT molecular complexity index is 479. The molecule has 1 heterocycles. The third-order valence-corrected chi connectivity index (χ3v) is 2.47. The summed E-state index contributed by atoms with van der Waals surface area (Å²) in [5, 5.41) is 0. The summed E-state index contributed by atoms with van der Waals surface area (Å²) in [7, 11) is 3.54. The average molecular weight is 208 g/mol. The van der Waals surface area contributed by atoms with Gasteiger partial charge in [-0.2, -0.15) is 0 Å². The van der Waals surface area contributed by atoms with Gasteiger partial charge in [-0.15, -0.1) is 0 Å². The van der Waals surface area contributed by atoms with Gasteiger partial charge >= 0.3 is 0 Å². The predicted molar refractivity (Wildman–Crippen MR) is 56.3 cm³/mol. The molecule has 0 N–H and O–H groups in total. The van der Waals surface area contributed by atoms with Crippen LogP contribution in [0.5, 0.6) is 0 Å². The molecule has 2 rings (SSSR count). The predicted octanol–water partition coefficient (Wildman–Crippen LogP) is 1.90. The van der Waals surface area contributed by atoms with Crippen LogP contribution in [0.4, 0.5) is 4.39 Å². The normalized spacial score (nSPS) is 11.1. The van der Waals surface area contributed by atoms with Gasteiger partial charge < -0.3 is 9.30 Å². The number of aryl methyl sites for hydroxylation is 1. The molecule has 4 heteroatoms. The summed E-state index contributed by atoms with van der Waals surface area (Å²) >= 11 is 0. The van der Waals surface area contributed by atoms with Gasteiger partial charge in [0.1, 0.15) is 11.6 Å². The van der Waals surface area contributed by atoms with Gasteiger partial charge in [0.2, 0.25) is 0 Å². The molecule has 0 saturated carbocycles. The molecule has 0 amide bonds. The fraction of sp³-hybridized carbons (Fsp3) is 0.364. The zero-order valence-corrected chi connectivity index (χ0v) is 8.83. The molecule has 0 fully saturated rings. The number of halogens is 1. The van der Waals surface area contributed by atoms with E-state index in [-0.39, 0.29) is 5.82 Å². The molecule has 0 aliphatic carbocycles. The highest BCUT2D eigenvalue weighted by Crippen LogP contribution is 2.16. The number of aromatic nitrogens is 2. The Labute approximate surface area is 87.5 Å². The van der Waals surface area contributed by atoms with Crippen molar-refractivity contribution < 1.29 is 9.13 Å². The molecule has 0 bridgehead atoms. The first-order chi connectivity index (χ1) is 7.22. The van der Waals surface area contributed by atoms with Gasteiger partial charge in [0, 0.05) is 20.6 Å². The molecule has 1 aromatic carbocycles. The molecule has 0 atom stereocenters. The van der Waals surface area contributed by atoms with Crippen molar-refractivity contribution in [1.82, 2.24) is 9.55 Å². The van der Waals surface area contributed by atoms with Gasteiger partial charge in [0.15, 0.2) is 0 Å². The highest BCUT2D eigenvalue weighted by Gasteiger charge is 2.07. The second kappa shape index (κ2) is 3.98. The Kier molecular flexibility index (Phi) is 2.68. The van der Waals surface area contributed by atoms with E-state index in [9.17, 15) is 4.39 Å². The van der Waals surface area contributed by atoms with Crippen molar-refractivity contribution in [2.45, 2.75) is 6.42 Å². The van der Waals surface area contributed by atoms with E-state index in [4.69, 9.17) is 4.74 Å². The maximum atomic E-state index is 13.0. The molecule has 0 spiro atoms. The van der Waals surface area contributed by atoms with Gasteiger partial charge in [-0.25, -0.2) is 9.37 Å². The lowest BCUT2D eigenvalue weighted by molar-refractivity contribution is 0.200. The van der Waals surface area contributed by atoms with E-state index in [1.54, 1.807) is 13.2 Å². The lowest BCUT2D eigenvalue weighted by Crippen LogP contribution is -2.02. The summed E-state index contributed by atoms with van der Waals surface area (Å²) in [6.07, 6.45) is 0.739. The van der Waals surface area contributed by atoms with Gasteiger partial charge in [-0.1, -0.05) is 0 Å². The van der Waals surface area contributed by atoms with Crippen LogP contribution in [-0.4, -0.2) is 23.3 Å². The summed E-state index contributed by atoms with van der Waals surface area (Å²) in [5.74, 6) is 0.682. The van der Waals surface area contributed by atoms with E-state index >= 15 is 0 Å². The highest BCUT2D eigenvalue weighted by molar-refractivity contribution is 5.75. The van der Waals surface area contributed by atoms with E-state index in [1.165, 1.54) is 12.1 Å². The van der Waals surface area contributed by atoms with Gasteiger partial charge in [-0.05, 0) is 18.2 Å². The van der Waals surface area contributed by atoms with E-state index in [0.29, 0.717) is 6.61 Å². The number of fused-ring (bicyclic) bond motifs is 1. The monoisotopic (exact) mass is 208 g/mol. The van der Waals surface area contributed by atoms with E-state index < -0.39 is 0 Å². The number of methoxy groups -OCH3 is 1. The lowest BCUT2D eigenvalue weighted by Gasteiger charge is -2.00. The fourth-order valence-corrected chi connectivity index (χ4v) is 1.63. The Morgan fingerprint density at radius 1 is 1.47 bits per heavy atom. The number of nitrogens with zero attached hydrogens (tertiary/aromatic N) is 2. The minimum Gasteiger partial charge on any atom is -0.384 e. The fourth-order valence-electron chi connectivity index (χ4n) is 1.63. The molecule has 80 valence electrons. The average Bonchev–Trinajstić information content (AvgIpc) is 2.53. The van der Waals surface area contributed by atoms with Crippen molar-refractivity contribution in [3.8, 4) is 0 Å². The second-order valence-corrected chi connectivity index (χ2v) is 3.46. The molecule has 3 nitrogen and oxygen atoms in total. The van der Waals surface area contributed by atoms with E-state index in [1.807, 2.05) is 11.6 Å². The molecule has 1 aromatic heterocycles. The molecule has 15 heavy (non-hydrogen) atoms. The summed E-state index contributed by atoms with van der Waals surface area (Å²) < 4.78 is 19.9. The smallest absolute Gasteiger partial charge is 0.125 e. The minimum atomic E-state index is -0.233. The van der Waals surface area contributed by atoms with Crippen LogP contribution in [0, 0.1) is 5.82 Å². The lowest BCUT2D eigenvalue weighted by atomic mass is 10.3. The topological polar surface area (TPSA) is 27.1 Å². The molecule has 0 saturated heterocycles. The van der Waals surface area contributed by atoms with Crippen molar-refractivity contribution in [3.05, 3.63) is 29.8 Å². The molecule has 0 radical (unpaired) electrons. The maximum absolute atomic E-state index is 13.0. The number of rotatable bonds is 3. The van der Waals surface area contributed by atoms with Gasteiger partial charge in [0.05, 0.1) is 17.6 Å². The second-order valence-electron chi connectivity index (χ2n) is 3.46. The third-order valence-electron chi connectivity index (χ3n) is 2.47. The first-order valence-corrected chi connectivity index (χ1v) is 4.82. The van der Waals surface area contributed by atoms with E-state index in [0.717, 1.165) is 23.3 Å². The van der Waals surface area contributed by atoms with Crippen molar-refractivity contribution in [1.29, 1.82) is 0 Å². The molecule has 0 aliphatic rings. The number of ether oxygens (including phenoxy) is 1. The first-order valence-electron chi connectivity index (χ1n) is 4.82. The zero-order valence-electron chi connectivity index (χ0n) is 8.83. The van der Waals surface area contributed by atoms with Crippen molar-refractivity contribution in [2.75, 3.05) is 13.7 Å². The Hall–Kier alpha value is -1.42. The summed E-state index contributed by atoms with van der Waals surface area (Å²) in [5.41, 5.74) is 1.64. The highest BCUT2D eigenvalue weighted by atomic mass is 19.1. The van der Waals surface area contributed by atoms with Crippen LogP contribution in [0.1, 0.15) is 5.82 Å². The van der Waals surface area contributed by atoms with Crippen LogP contribution in [0.2, 0.25) is 0 Å². The Morgan fingerprint density at radius 2 is 2.27 bits per heavy atom. The Balaban J connectivity index is 2.45. The van der Waals surface area contributed by atoms with Crippen LogP contribution in [0.3, 0.4) is 0 Å².